The maximum absolute atomic E-state index is 12.7. The fraction of sp³-hybridized carbons (Fsp3) is 0.778. The Morgan fingerprint density at radius 3 is 1.08 bits per heavy atom. The fourth-order valence-corrected chi connectivity index (χ4v) is 2.63. The summed E-state index contributed by atoms with van der Waals surface area (Å²) < 4.78 is 165. The monoisotopic (exact) mass is 434 g/mol. The molecule has 0 fully saturated rings. The molecular weight excluding hydrogens is 431 g/mol. The van der Waals surface area contributed by atoms with Crippen LogP contribution in [0.25, 0.3) is 0 Å². The molecule has 0 saturated carbocycles. The van der Waals surface area contributed by atoms with E-state index >= 15 is 0 Å². The minimum absolute atomic E-state index is 0.176. The van der Waals surface area contributed by atoms with Crippen molar-refractivity contribution >= 4 is 7.82 Å². The summed E-state index contributed by atoms with van der Waals surface area (Å²) in [6.07, 6.45) is -24.0. The van der Waals surface area contributed by atoms with Crippen LogP contribution in [0.4, 0.5) is 52.7 Å². The third-order valence-corrected chi connectivity index (χ3v) is 3.18. The molecule has 0 aromatic rings. The van der Waals surface area contributed by atoms with Gasteiger partial charge in [0.15, 0.2) is 17.4 Å². The number of phosphoric ester groups is 1. The lowest BCUT2D eigenvalue weighted by Crippen LogP contribution is -2.65. The summed E-state index contributed by atoms with van der Waals surface area (Å²) in [6.45, 7) is 0. The third kappa shape index (κ3) is 5.66. The van der Waals surface area contributed by atoms with Crippen molar-refractivity contribution < 1.29 is 71.6 Å². The van der Waals surface area contributed by atoms with Crippen LogP contribution in [0.3, 0.4) is 0 Å². The molecule has 0 spiro atoms. The number of halogens is 12. The Morgan fingerprint density at radius 1 is 0.731 bits per heavy atom. The molecule has 0 N–H and O–H groups in total. The second kappa shape index (κ2) is 6.77. The Morgan fingerprint density at radius 2 is 0.962 bits per heavy atom. The van der Waals surface area contributed by atoms with Gasteiger partial charge < -0.3 is 18.9 Å². The summed E-state index contributed by atoms with van der Waals surface area (Å²) in [6, 6.07) is 0. The maximum Gasteiger partial charge on any atom is 0.404 e. The van der Waals surface area contributed by atoms with Crippen LogP contribution in [0.15, 0.2) is 0 Å². The molecule has 4 nitrogen and oxygen atoms in total. The lowest BCUT2D eigenvalue weighted by atomic mass is 9.75. The highest BCUT2D eigenvalue weighted by Crippen LogP contribution is 2.59. The van der Waals surface area contributed by atoms with Gasteiger partial charge in [-0.15, -0.1) is 6.42 Å². The molecule has 0 rings (SSSR count). The van der Waals surface area contributed by atoms with Gasteiger partial charge in [-0.25, -0.2) is 0 Å². The molecule has 17 heteroatoms. The summed E-state index contributed by atoms with van der Waals surface area (Å²) in [7, 11) is -7.33. The first kappa shape index (κ1) is 24.8. The highest BCUT2D eigenvalue weighted by Gasteiger charge is 2.78. The SMILES string of the molecule is C#CC(OP(=O)([O-])[O-])(C(C(F)(F)F)C(F)(F)F)C(C(F)(F)F)C(F)(F)F. The van der Waals surface area contributed by atoms with E-state index in [9.17, 15) is 67.0 Å². The smallest absolute Gasteiger partial charge is 0.404 e. The Labute approximate surface area is 135 Å². The first-order valence-corrected chi connectivity index (χ1v) is 6.93. The lowest BCUT2D eigenvalue weighted by Gasteiger charge is -2.48. The van der Waals surface area contributed by atoms with Crippen LogP contribution in [0.2, 0.25) is 0 Å². The molecule has 26 heavy (non-hydrogen) atoms. The number of hydrogen-bond donors (Lipinski definition) is 0. The normalized spacial score (nSPS) is 15.5. The van der Waals surface area contributed by atoms with Crippen LogP contribution in [-0.2, 0) is 9.09 Å². The van der Waals surface area contributed by atoms with E-state index < -0.39 is 50.0 Å². The van der Waals surface area contributed by atoms with Gasteiger partial charge in [-0.05, 0) is 0 Å². The highest BCUT2D eigenvalue weighted by molar-refractivity contribution is 7.43. The van der Waals surface area contributed by atoms with E-state index in [1.54, 1.807) is 0 Å². The summed E-state index contributed by atoms with van der Waals surface area (Å²) in [5, 5.41) is 0. The van der Waals surface area contributed by atoms with Crippen molar-refractivity contribution in [3.05, 3.63) is 0 Å². The zero-order valence-electron chi connectivity index (χ0n) is 11.3. The average Bonchev–Trinajstić information content (AvgIpc) is 2.16. The zero-order valence-corrected chi connectivity index (χ0v) is 12.2. The molecule has 0 saturated heterocycles. The van der Waals surface area contributed by atoms with E-state index in [0.29, 0.717) is 0 Å². The van der Waals surface area contributed by atoms with Crippen molar-refractivity contribution in [2.45, 2.75) is 30.3 Å². The second-order valence-electron chi connectivity index (χ2n) is 4.51. The van der Waals surface area contributed by atoms with Gasteiger partial charge in [0.25, 0.3) is 0 Å². The molecule has 0 unspecified atom stereocenters. The fourth-order valence-electron chi connectivity index (χ4n) is 1.99. The lowest BCUT2D eigenvalue weighted by molar-refractivity contribution is -0.396. The van der Waals surface area contributed by atoms with Crippen molar-refractivity contribution in [3.63, 3.8) is 0 Å². The van der Waals surface area contributed by atoms with E-state index in [0.717, 1.165) is 0 Å². The molecule has 0 aliphatic carbocycles. The van der Waals surface area contributed by atoms with Crippen LogP contribution >= 0.6 is 7.82 Å². The summed E-state index contributed by atoms with van der Waals surface area (Å²) in [4.78, 5) is 20.8. The van der Waals surface area contributed by atoms with E-state index in [1.165, 1.54) is 0 Å². The van der Waals surface area contributed by atoms with Gasteiger partial charge in [0.2, 0.25) is 0 Å². The molecule has 0 amide bonds. The van der Waals surface area contributed by atoms with E-state index in [4.69, 9.17) is 0 Å². The van der Waals surface area contributed by atoms with Gasteiger partial charge >= 0.3 is 24.7 Å². The Bertz CT molecular complexity index is 528. The predicted octanol–water partition coefficient (Wildman–Crippen LogP) is 2.69. The van der Waals surface area contributed by atoms with Crippen LogP contribution in [0.1, 0.15) is 0 Å². The number of terminal acetylenes is 1. The molecule has 0 heterocycles. The summed E-state index contributed by atoms with van der Waals surface area (Å²) in [5.74, 6) is -11.8. The minimum Gasteiger partial charge on any atom is -0.790 e. The van der Waals surface area contributed by atoms with Crippen molar-refractivity contribution in [1.82, 2.24) is 0 Å². The van der Waals surface area contributed by atoms with Crippen molar-refractivity contribution in [2.75, 3.05) is 0 Å². The molecule has 154 valence electrons. The predicted molar refractivity (Wildman–Crippen MR) is 51.5 cm³/mol. The Hall–Kier alpha value is -1.17. The zero-order chi connectivity index (χ0) is 21.6. The van der Waals surface area contributed by atoms with Gasteiger partial charge in [0, 0.05) is 0 Å². The van der Waals surface area contributed by atoms with Crippen molar-refractivity contribution in [3.8, 4) is 12.3 Å². The molecule has 0 aromatic carbocycles. The molecule has 0 radical (unpaired) electrons. The molecule has 0 aliphatic heterocycles. The molecule has 0 atom stereocenters. The van der Waals surface area contributed by atoms with Gasteiger partial charge in [-0.2, -0.15) is 52.7 Å². The Balaban J connectivity index is 7.23. The van der Waals surface area contributed by atoms with Gasteiger partial charge in [0.1, 0.15) is 0 Å². The molecule has 0 aliphatic rings. The van der Waals surface area contributed by atoms with Gasteiger partial charge in [0.05, 0.1) is 7.82 Å². The van der Waals surface area contributed by atoms with Crippen LogP contribution in [-0.4, -0.2) is 30.3 Å². The number of phosphoric acid groups is 1. The summed E-state index contributed by atoms with van der Waals surface area (Å²) >= 11 is 0. The van der Waals surface area contributed by atoms with Crippen LogP contribution in [0, 0.1) is 24.2 Å². The van der Waals surface area contributed by atoms with E-state index in [1.807, 2.05) is 0 Å². The van der Waals surface area contributed by atoms with Gasteiger partial charge in [-0.3, -0.25) is 0 Å². The standard InChI is InChI=1S/C9H5F12O4P/c1-2-5(25-26(22,23)24,3(6(10,11)12)7(13,14)15)4(8(16,17)18)9(19,20)21/h1,3-4H,(H2,22,23,24)/p-2. The van der Waals surface area contributed by atoms with Crippen molar-refractivity contribution in [1.29, 1.82) is 0 Å². The highest BCUT2D eigenvalue weighted by atomic mass is 31.2. The first-order chi connectivity index (χ1) is 11.0. The quantitative estimate of drug-likeness (QED) is 0.388. The van der Waals surface area contributed by atoms with Crippen molar-refractivity contribution in [2.24, 2.45) is 11.8 Å². The number of rotatable bonds is 4. The summed E-state index contributed by atoms with van der Waals surface area (Å²) in [5.41, 5.74) is -6.06. The average molecular weight is 434 g/mol. The van der Waals surface area contributed by atoms with Crippen LogP contribution in [0.5, 0.6) is 0 Å². The van der Waals surface area contributed by atoms with E-state index in [2.05, 4.69) is 10.9 Å². The largest absolute Gasteiger partial charge is 0.790 e. The minimum atomic E-state index is -7.33. The van der Waals surface area contributed by atoms with Crippen LogP contribution < -0.4 is 9.79 Å². The van der Waals surface area contributed by atoms with E-state index in [-0.39, 0.29) is 5.92 Å². The van der Waals surface area contributed by atoms with Gasteiger partial charge in [-0.1, -0.05) is 5.92 Å². The maximum atomic E-state index is 12.7. The first-order valence-electron chi connectivity index (χ1n) is 5.47. The topological polar surface area (TPSA) is 72.4 Å². The molecule has 0 aromatic heterocycles. The molecule has 0 bridgehead atoms. The number of hydrogen-bond acceptors (Lipinski definition) is 4. The molecular formula is C9H3F12O4P-2. The second-order valence-corrected chi connectivity index (χ2v) is 5.59. The third-order valence-electron chi connectivity index (χ3n) is 2.66. The Kier molecular flexibility index (Phi) is 6.47. The number of alkyl halides is 12.